The van der Waals surface area contributed by atoms with Gasteiger partial charge in [-0.1, -0.05) is 31.9 Å². The number of aliphatic carboxylic acids is 1. The fraction of sp³-hybridized carbons (Fsp3) is 0.733. The Morgan fingerprint density at radius 1 is 1.20 bits per heavy atom. The lowest BCUT2D eigenvalue weighted by Gasteiger charge is -2.26. The summed E-state index contributed by atoms with van der Waals surface area (Å²) < 4.78 is 0. The van der Waals surface area contributed by atoms with Crippen LogP contribution in [0.2, 0.25) is 0 Å². The number of carboxylic acid groups (broad SMARTS) is 1. The van der Waals surface area contributed by atoms with E-state index >= 15 is 0 Å². The number of hydrogen-bond acceptors (Lipinski definition) is 2. The molecule has 1 fully saturated rings. The van der Waals surface area contributed by atoms with Gasteiger partial charge in [-0.15, -0.1) is 0 Å². The van der Waals surface area contributed by atoms with E-state index in [0.29, 0.717) is 12.3 Å². The van der Waals surface area contributed by atoms with Crippen molar-refractivity contribution in [2.24, 2.45) is 17.8 Å². The topological polar surface area (TPSA) is 78.4 Å². The van der Waals surface area contributed by atoms with Crippen LogP contribution in [0.15, 0.2) is 12.2 Å². The van der Waals surface area contributed by atoms with Crippen molar-refractivity contribution >= 4 is 12.0 Å². The highest BCUT2D eigenvalue weighted by molar-refractivity contribution is 5.76. The zero-order valence-electron chi connectivity index (χ0n) is 12.0. The monoisotopic (exact) mass is 280 g/mol. The average Bonchev–Trinajstić information content (AvgIpc) is 2.87. The molecule has 2 unspecified atom stereocenters. The Hall–Kier alpha value is -1.52. The van der Waals surface area contributed by atoms with Gasteiger partial charge in [0, 0.05) is 6.54 Å². The maximum absolute atomic E-state index is 11.8. The Kier molecular flexibility index (Phi) is 5.04. The summed E-state index contributed by atoms with van der Waals surface area (Å²) in [5, 5.41) is 14.6. The highest BCUT2D eigenvalue weighted by atomic mass is 16.4. The van der Waals surface area contributed by atoms with Crippen LogP contribution >= 0.6 is 0 Å². The molecule has 0 heterocycles. The average molecular weight is 280 g/mol. The lowest BCUT2D eigenvalue weighted by molar-refractivity contribution is -0.140. The van der Waals surface area contributed by atoms with Gasteiger partial charge in [0.1, 0.15) is 0 Å². The number of carbonyl (C=O) groups excluding carboxylic acids is 1. The zero-order chi connectivity index (χ0) is 14.5. The summed E-state index contributed by atoms with van der Waals surface area (Å²) in [7, 11) is 0. The van der Waals surface area contributed by atoms with Crippen molar-refractivity contribution in [2.75, 3.05) is 6.54 Å². The van der Waals surface area contributed by atoms with E-state index in [9.17, 15) is 9.59 Å². The molecular formula is C15H24N2O3. The molecular weight excluding hydrogens is 256 g/mol. The molecule has 0 radical (unpaired) electrons. The fourth-order valence-corrected chi connectivity index (χ4v) is 2.98. The number of rotatable bonds is 4. The molecule has 5 nitrogen and oxygen atoms in total. The van der Waals surface area contributed by atoms with E-state index in [1.807, 2.05) is 0 Å². The molecule has 0 aromatic heterocycles. The summed E-state index contributed by atoms with van der Waals surface area (Å²) in [6.07, 6.45) is 8.73. The first-order chi connectivity index (χ1) is 9.54. The predicted octanol–water partition coefficient (Wildman–Crippen LogP) is 2.14. The Balaban J connectivity index is 1.64. The molecule has 20 heavy (non-hydrogen) atoms. The lowest BCUT2D eigenvalue weighted by atomic mass is 9.83. The first-order valence-corrected chi connectivity index (χ1v) is 7.50. The van der Waals surface area contributed by atoms with Crippen molar-refractivity contribution in [2.45, 2.75) is 45.1 Å². The van der Waals surface area contributed by atoms with Crippen LogP contribution in [0.1, 0.15) is 39.0 Å². The van der Waals surface area contributed by atoms with Gasteiger partial charge in [-0.3, -0.25) is 4.79 Å². The molecule has 2 aliphatic rings. The zero-order valence-corrected chi connectivity index (χ0v) is 12.0. The Bertz CT molecular complexity index is 387. The quantitative estimate of drug-likeness (QED) is 0.690. The standard InChI is InChI=1S/C15H24N2O3/c1-10-2-4-11(5-3-10)9-16-15(20)17-13-7-6-12(8-13)14(18)19/h6-7,10-13H,2-5,8-9H2,1H3,(H,18,19)(H2,16,17,20). The van der Waals surface area contributed by atoms with Gasteiger partial charge in [0.2, 0.25) is 0 Å². The normalized spacial score (nSPS) is 32.9. The van der Waals surface area contributed by atoms with Gasteiger partial charge in [-0.2, -0.15) is 0 Å². The molecule has 0 aromatic carbocycles. The molecule has 0 saturated heterocycles. The summed E-state index contributed by atoms with van der Waals surface area (Å²) in [4.78, 5) is 22.6. The third-order valence-electron chi connectivity index (χ3n) is 4.40. The third-order valence-corrected chi connectivity index (χ3v) is 4.40. The second-order valence-corrected chi connectivity index (χ2v) is 6.15. The largest absolute Gasteiger partial charge is 0.481 e. The van der Waals surface area contributed by atoms with Crippen LogP contribution in [0.4, 0.5) is 4.79 Å². The summed E-state index contributed by atoms with van der Waals surface area (Å²) >= 11 is 0. The van der Waals surface area contributed by atoms with Gasteiger partial charge >= 0.3 is 12.0 Å². The van der Waals surface area contributed by atoms with Gasteiger partial charge in [-0.05, 0) is 31.1 Å². The molecule has 2 aliphatic carbocycles. The van der Waals surface area contributed by atoms with Crippen molar-refractivity contribution in [1.82, 2.24) is 10.6 Å². The number of hydrogen-bond donors (Lipinski definition) is 3. The van der Waals surface area contributed by atoms with Crippen molar-refractivity contribution in [3.05, 3.63) is 12.2 Å². The van der Waals surface area contributed by atoms with E-state index < -0.39 is 11.9 Å². The van der Waals surface area contributed by atoms with Crippen molar-refractivity contribution in [1.29, 1.82) is 0 Å². The highest BCUT2D eigenvalue weighted by Crippen LogP contribution is 2.27. The van der Waals surface area contributed by atoms with E-state index in [1.165, 1.54) is 25.7 Å². The molecule has 1 saturated carbocycles. The van der Waals surface area contributed by atoms with Gasteiger partial charge in [0.05, 0.1) is 12.0 Å². The molecule has 2 atom stereocenters. The van der Waals surface area contributed by atoms with E-state index in [-0.39, 0.29) is 12.1 Å². The predicted molar refractivity (Wildman–Crippen MR) is 76.3 cm³/mol. The van der Waals surface area contributed by atoms with E-state index in [0.717, 1.165) is 12.5 Å². The number of carboxylic acids is 1. The lowest BCUT2D eigenvalue weighted by Crippen LogP contribution is -2.43. The fourth-order valence-electron chi connectivity index (χ4n) is 2.98. The van der Waals surface area contributed by atoms with Crippen LogP contribution < -0.4 is 10.6 Å². The van der Waals surface area contributed by atoms with Crippen LogP contribution in [0.5, 0.6) is 0 Å². The third kappa shape index (κ3) is 4.25. The minimum absolute atomic E-state index is 0.164. The van der Waals surface area contributed by atoms with Crippen molar-refractivity contribution in [3.8, 4) is 0 Å². The molecule has 5 heteroatoms. The maximum atomic E-state index is 11.8. The smallest absolute Gasteiger partial charge is 0.315 e. The van der Waals surface area contributed by atoms with Gasteiger partial charge in [-0.25, -0.2) is 4.79 Å². The first-order valence-electron chi connectivity index (χ1n) is 7.50. The summed E-state index contributed by atoms with van der Waals surface area (Å²) in [5.41, 5.74) is 0. The van der Waals surface area contributed by atoms with Gasteiger partial charge in [0.15, 0.2) is 0 Å². The molecule has 0 spiro atoms. The molecule has 0 bridgehead atoms. The van der Waals surface area contributed by atoms with Crippen LogP contribution in [-0.4, -0.2) is 29.7 Å². The summed E-state index contributed by atoms with van der Waals surface area (Å²) in [6, 6.07) is -0.355. The number of carbonyl (C=O) groups is 2. The minimum atomic E-state index is -0.831. The summed E-state index contributed by atoms with van der Waals surface area (Å²) in [6.45, 7) is 3.00. The minimum Gasteiger partial charge on any atom is -0.481 e. The first kappa shape index (κ1) is 14.9. The summed E-state index contributed by atoms with van der Waals surface area (Å²) in [5.74, 6) is 0.0990. The number of nitrogens with one attached hydrogen (secondary N) is 2. The van der Waals surface area contributed by atoms with E-state index in [4.69, 9.17) is 5.11 Å². The maximum Gasteiger partial charge on any atom is 0.315 e. The molecule has 0 aliphatic heterocycles. The Labute approximate surface area is 119 Å². The Morgan fingerprint density at radius 3 is 2.50 bits per heavy atom. The Morgan fingerprint density at radius 2 is 1.90 bits per heavy atom. The molecule has 0 aromatic rings. The van der Waals surface area contributed by atoms with Crippen LogP contribution in [-0.2, 0) is 4.79 Å². The van der Waals surface area contributed by atoms with Gasteiger partial charge in [0.25, 0.3) is 0 Å². The number of amides is 2. The van der Waals surface area contributed by atoms with Crippen LogP contribution in [0.25, 0.3) is 0 Å². The van der Waals surface area contributed by atoms with Crippen molar-refractivity contribution < 1.29 is 14.7 Å². The second-order valence-electron chi connectivity index (χ2n) is 6.15. The van der Waals surface area contributed by atoms with Gasteiger partial charge < -0.3 is 15.7 Å². The molecule has 2 amide bonds. The van der Waals surface area contributed by atoms with Crippen LogP contribution in [0.3, 0.4) is 0 Å². The second kappa shape index (κ2) is 6.77. The van der Waals surface area contributed by atoms with E-state index in [2.05, 4.69) is 17.6 Å². The molecule has 2 rings (SSSR count). The SMILES string of the molecule is CC1CCC(CNC(=O)NC2C=CC(C(=O)O)C2)CC1. The molecule has 3 N–H and O–H groups in total. The number of urea groups is 1. The van der Waals surface area contributed by atoms with Crippen molar-refractivity contribution in [3.63, 3.8) is 0 Å². The highest BCUT2D eigenvalue weighted by Gasteiger charge is 2.25. The van der Waals surface area contributed by atoms with E-state index in [1.54, 1.807) is 12.2 Å². The van der Waals surface area contributed by atoms with Crippen LogP contribution in [0, 0.1) is 17.8 Å². The molecule has 112 valence electrons.